The summed E-state index contributed by atoms with van der Waals surface area (Å²) < 4.78 is 0. The van der Waals surface area contributed by atoms with Gasteiger partial charge in [-0.25, -0.2) is 0 Å². The highest BCUT2D eigenvalue weighted by Crippen LogP contribution is 2.47. The minimum absolute atomic E-state index is 0.0865. The number of hydrogen-bond acceptors (Lipinski definition) is 1. The van der Waals surface area contributed by atoms with Crippen LogP contribution in [0.5, 0.6) is 0 Å². The summed E-state index contributed by atoms with van der Waals surface area (Å²) in [5.74, 6) is 1.73. The summed E-state index contributed by atoms with van der Waals surface area (Å²) in [6, 6.07) is 0. The van der Waals surface area contributed by atoms with E-state index in [0.717, 1.165) is 6.42 Å². The number of carbonyl (C=O) groups is 1. The molecule has 2 aliphatic carbocycles. The number of rotatable bonds is 4. The molecule has 0 spiro atoms. The van der Waals surface area contributed by atoms with Crippen LogP contribution in [-0.2, 0) is 4.79 Å². The highest BCUT2D eigenvalue weighted by atomic mass is 16.1. The molecule has 0 aromatic rings. The lowest BCUT2D eigenvalue weighted by Gasteiger charge is -2.33. The van der Waals surface area contributed by atoms with Gasteiger partial charge in [-0.1, -0.05) is 52.4 Å². The number of Topliss-reactive ketones (excluding diaryl/α,β-unsaturated/α-hetero) is 1. The van der Waals surface area contributed by atoms with Crippen LogP contribution in [0.2, 0.25) is 0 Å². The van der Waals surface area contributed by atoms with Crippen LogP contribution >= 0.6 is 0 Å². The Hall–Kier alpha value is -0.330. The summed E-state index contributed by atoms with van der Waals surface area (Å²) in [5.41, 5.74) is 0.0865. The maximum atomic E-state index is 13.0. The molecule has 1 heteroatoms. The molecule has 0 amide bonds. The van der Waals surface area contributed by atoms with Crippen LogP contribution in [0.15, 0.2) is 0 Å². The van der Waals surface area contributed by atoms with E-state index in [4.69, 9.17) is 0 Å². The first kappa shape index (κ1) is 14.1. The van der Waals surface area contributed by atoms with Gasteiger partial charge >= 0.3 is 0 Å². The second-order valence-corrected chi connectivity index (χ2v) is 7.14. The van der Waals surface area contributed by atoms with Gasteiger partial charge in [0.15, 0.2) is 0 Å². The molecule has 2 rings (SSSR count). The molecule has 0 bridgehead atoms. The Morgan fingerprint density at radius 2 is 1.56 bits per heavy atom. The van der Waals surface area contributed by atoms with E-state index < -0.39 is 0 Å². The van der Waals surface area contributed by atoms with E-state index in [0.29, 0.717) is 17.6 Å². The number of carbonyl (C=O) groups excluding carboxylic acids is 1. The molecule has 1 nitrogen and oxygen atoms in total. The van der Waals surface area contributed by atoms with Gasteiger partial charge < -0.3 is 0 Å². The predicted octanol–water partition coefficient (Wildman–Crippen LogP) is 5.13. The summed E-state index contributed by atoms with van der Waals surface area (Å²) in [6.07, 6.45) is 13.7. The van der Waals surface area contributed by atoms with Crippen LogP contribution < -0.4 is 0 Å². The lowest BCUT2D eigenvalue weighted by molar-refractivity contribution is -0.134. The molecule has 2 saturated carbocycles. The van der Waals surface area contributed by atoms with E-state index in [1.165, 1.54) is 64.2 Å². The monoisotopic (exact) mass is 250 g/mol. The minimum Gasteiger partial charge on any atom is -0.299 e. The van der Waals surface area contributed by atoms with Crippen LogP contribution in [-0.4, -0.2) is 5.78 Å². The van der Waals surface area contributed by atoms with Crippen LogP contribution in [0.25, 0.3) is 0 Å². The van der Waals surface area contributed by atoms with Crippen LogP contribution in [0.3, 0.4) is 0 Å². The first-order valence-corrected chi connectivity index (χ1v) is 8.18. The van der Waals surface area contributed by atoms with Crippen molar-refractivity contribution in [2.24, 2.45) is 17.3 Å². The predicted molar refractivity (Wildman–Crippen MR) is 76.6 cm³/mol. The van der Waals surface area contributed by atoms with E-state index in [1.54, 1.807) is 0 Å². The quantitative estimate of drug-likeness (QED) is 0.632. The average molecular weight is 250 g/mol. The molecule has 18 heavy (non-hydrogen) atoms. The van der Waals surface area contributed by atoms with Gasteiger partial charge in [-0.15, -0.1) is 0 Å². The third-order valence-electron chi connectivity index (χ3n) is 5.11. The van der Waals surface area contributed by atoms with Gasteiger partial charge in [0.05, 0.1) is 0 Å². The standard InChI is InChI=1S/C17H30O/c1-14(2)13-17(11-7-8-12-17)16(18)15-9-5-3-4-6-10-15/h14-15H,3-13H2,1-2H3. The van der Waals surface area contributed by atoms with Crippen LogP contribution in [0.4, 0.5) is 0 Å². The van der Waals surface area contributed by atoms with Crippen molar-refractivity contribution >= 4 is 5.78 Å². The molecular formula is C17H30O. The molecule has 0 heterocycles. The molecule has 0 atom stereocenters. The fourth-order valence-corrected chi connectivity index (χ4v) is 4.36. The van der Waals surface area contributed by atoms with E-state index in [2.05, 4.69) is 13.8 Å². The largest absolute Gasteiger partial charge is 0.299 e. The summed E-state index contributed by atoms with van der Waals surface area (Å²) in [6.45, 7) is 4.56. The van der Waals surface area contributed by atoms with Crippen molar-refractivity contribution in [3.63, 3.8) is 0 Å². The Morgan fingerprint density at radius 1 is 1.00 bits per heavy atom. The summed E-state index contributed by atoms with van der Waals surface area (Å²) >= 11 is 0. The molecule has 0 radical (unpaired) electrons. The second-order valence-electron chi connectivity index (χ2n) is 7.14. The number of hydrogen-bond donors (Lipinski definition) is 0. The molecule has 0 aliphatic heterocycles. The fourth-order valence-electron chi connectivity index (χ4n) is 4.36. The van der Waals surface area contributed by atoms with Crippen LogP contribution in [0.1, 0.15) is 84.5 Å². The molecule has 0 aromatic heterocycles. The van der Waals surface area contributed by atoms with Crippen molar-refractivity contribution in [3.05, 3.63) is 0 Å². The van der Waals surface area contributed by atoms with Gasteiger partial charge in [0.2, 0.25) is 0 Å². The van der Waals surface area contributed by atoms with Crippen molar-refractivity contribution < 1.29 is 4.79 Å². The van der Waals surface area contributed by atoms with E-state index in [-0.39, 0.29) is 5.41 Å². The fraction of sp³-hybridized carbons (Fsp3) is 0.941. The van der Waals surface area contributed by atoms with E-state index in [9.17, 15) is 4.79 Å². The maximum Gasteiger partial charge on any atom is 0.142 e. The highest BCUT2D eigenvalue weighted by molar-refractivity contribution is 5.87. The molecule has 2 fully saturated rings. The van der Waals surface area contributed by atoms with Gasteiger partial charge in [-0.05, 0) is 38.0 Å². The lowest BCUT2D eigenvalue weighted by Crippen LogP contribution is -2.35. The normalized spacial score (nSPS) is 25.3. The van der Waals surface area contributed by atoms with Crippen molar-refractivity contribution in [1.82, 2.24) is 0 Å². The van der Waals surface area contributed by atoms with Gasteiger partial charge in [-0.2, -0.15) is 0 Å². The second kappa shape index (κ2) is 6.21. The van der Waals surface area contributed by atoms with Gasteiger partial charge in [0, 0.05) is 11.3 Å². The van der Waals surface area contributed by atoms with Crippen molar-refractivity contribution in [2.75, 3.05) is 0 Å². The molecular weight excluding hydrogens is 220 g/mol. The molecule has 0 N–H and O–H groups in total. The molecule has 104 valence electrons. The molecule has 2 aliphatic rings. The zero-order valence-electron chi connectivity index (χ0n) is 12.3. The maximum absolute atomic E-state index is 13.0. The van der Waals surface area contributed by atoms with Gasteiger partial charge in [0.1, 0.15) is 5.78 Å². The average Bonchev–Trinajstić information content (AvgIpc) is 2.64. The Morgan fingerprint density at radius 3 is 2.06 bits per heavy atom. The van der Waals surface area contributed by atoms with Crippen LogP contribution in [0, 0.1) is 17.3 Å². The Kier molecular flexibility index (Phi) is 4.86. The first-order valence-electron chi connectivity index (χ1n) is 8.18. The highest BCUT2D eigenvalue weighted by Gasteiger charge is 2.43. The van der Waals surface area contributed by atoms with Crippen molar-refractivity contribution in [1.29, 1.82) is 0 Å². The Bertz CT molecular complexity index is 265. The zero-order chi connectivity index (χ0) is 13.0. The molecule has 0 saturated heterocycles. The first-order chi connectivity index (χ1) is 8.64. The SMILES string of the molecule is CC(C)CC1(C(=O)C2CCCCCC2)CCCC1. The topological polar surface area (TPSA) is 17.1 Å². The Balaban J connectivity index is 2.07. The third kappa shape index (κ3) is 3.16. The van der Waals surface area contributed by atoms with E-state index >= 15 is 0 Å². The lowest BCUT2D eigenvalue weighted by atomic mass is 9.70. The molecule has 0 unspecified atom stereocenters. The zero-order valence-corrected chi connectivity index (χ0v) is 12.3. The summed E-state index contributed by atoms with van der Waals surface area (Å²) in [7, 11) is 0. The van der Waals surface area contributed by atoms with Crippen molar-refractivity contribution in [3.8, 4) is 0 Å². The van der Waals surface area contributed by atoms with Gasteiger partial charge in [0.25, 0.3) is 0 Å². The third-order valence-corrected chi connectivity index (χ3v) is 5.11. The Labute approximate surface area is 113 Å². The van der Waals surface area contributed by atoms with E-state index in [1.807, 2.05) is 0 Å². The van der Waals surface area contributed by atoms with Crippen molar-refractivity contribution in [2.45, 2.75) is 84.5 Å². The summed E-state index contributed by atoms with van der Waals surface area (Å²) in [4.78, 5) is 13.0. The number of ketones is 1. The smallest absolute Gasteiger partial charge is 0.142 e. The van der Waals surface area contributed by atoms with Gasteiger partial charge in [-0.3, -0.25) is 4.79 Å². The molecule has 0 aromatic carbocycles. The minimum atomic E-state index is 0.0865. The summed E-state index contributed by atoms with van der Waals surface area (Å²) in [5, 5.41) is 0.